The monoisotopic (exact) mass is 277 g/mol. The smallest absolute Gasteiger partial charge is 0.219 e. The zero-order valence-electron chi connectivity index (χ0n) is 10.6. The van der Waals surface area contributed by atoms with Gasteiger partial charge in [-0.1, -0.05) is 36.4 Å². The number of nitrogens with one attached hydrogen (secondary N) is 1. The first-order valence-electron chi connectivity index (χ1n) is 6.42. The third-order valence-electron chi connectivity index (χ3n) is 3.42. The predicted octanol–water partition coefficient (Wildman–Crippen LogP) is 4.61. The number of hydrogen-bond acceptors (Lipinski definition) is 2. The Morgan fingerprint density at radius 2 is 1.65 bits per heavy atom. The highest BCUT2D eigenvalue weighted by Gasteiger charge is 2.14. The Kier molecular flexibility index (Phi) is 2.47. The number of carbonyl (C=O) groups is 1. The number of carbonyl (C=O) groups excluding carboxylic acids is 1. The quantitative estimate of drug-likeness (QED) is 0.533. The van der Waals surface area contributed by atoms with E-state index in [1.807, 2.05) is 60.7 Å². The van der Waals surface area contributed by atoms with Gasteiger partial charge in [-0.25, -0.2) is 0 Å². The molecule has 0 saturated carbocycles. The van der Waals surface area contributed by atoms with E-state index in [0.29, 0.717) is 5.69 Å². The number of fused-ring (bicyclic) bond motifs is 2. The van der Waals surface area contributed by atoms with Crippen LogP contribution in [0.1, 0.15) is 15.4 Å². The fourth-order valence-electron chi connectivity index (χ4n) is 2.42. The molecule has 0 bridgehead atoms. The van der Waals surface area contributed by atoms with E-state index in [1.54, 1.807) is 11.3 Å². The molecule has 1 N–H and O–H groups in total. The van der Waals surface area contributed by atoms with Crippen molar-refractivity contribution >= 4 is 38.1 Å². The lowest BCUT2D eigenvalue weighted by Crippen LogP contribution is -1.98. The molecule has 0 saturated heterocycles. The second-order valence-electron chi connectivity index (χ2n) is 4.75. The molecule has 4 rings (SSSR count). The lowest BCUT2D eigenvalue weighted by molar-refractivity contribution is 0.103. The van der Waals surface area contributed by atoms with Crippen LogP contribution in [0.3, 0.4) is 0 Å². The maximum absolute atomic E-state index is 12.6. The number of H-pyrrole nitrogens is 1. The van der Waals surface area contributed by atoms with E-state index in [-0.39, 0.29) is 5.78 Å². The summed E-state index contributed by atoms with van der Waals surface area (Å²) in [6, 6.07) is 19.9. The molecule has 0 aliphatic heterocycles. The number of rotatable bonds is 2. The van der Waals surface area contributed by atoms with Crippen LogP contribution in [0.15, 0.2) is 60.7 Å². The normalized spacial score (nSPS) is 11.2. The lowest BCUT2D eigenvalue weighted by Gasteiger charge is -1.92. The number of thiophene rings is 1. The van der Waals surface area contributed by atoms with Crippen molar-refractivity contribution in [2.75, 3.05) is 0 Å². The Balaban J connectivity index is 1.82. The molecule has 96 valence electrons. The Morgan fingerprint density at radius 1 is 0.900 bits per heavy atom. The summed E-state index contributed by atoms with van der Waals surface area (Å²) < 4.78 is 1.15. The van der Waals surface area contributed by atoms with Gasteiger partial charge in [-0.2, -0.15) is 0 Å². The minimum absolute atomic E-state index is 0.0578. The third kappa shape index (κ3) is 1.75. The van der Waals surface area contributed by atoms with Gasteiger partial charge >= 0.3 is 0 Å². The lowest BCUT2D eigenvalue weighted by atomic mass is 10.2. The summed E-state index contributed by atoms with van der Waals surface area (Å²) in [5.41, 5.74) is 1.65. The first kappa shape index (κ1) is 11.4. The van der Waals surface area contributed by atoms with Crippen molar-refractivity contribution in [1.29, 1.82) is 0 Å². The van der Waals surface area contributed by atoms with Gasteiger partial charge in [0.2, 0.25) is 5.78 Å². The minimum atomic E-state index is 0.0578. The SMILES string of the molecule is O=C(c1cc2ccccc2[nH]1)c1cc2ccccc2s1. The van der Waals surface area contributed by atoms with Crippen LogP contribution in [-0.2, 0) is 0 Å². The molecule has 0 fully saturated rings. The Morgan fingerprint density at radius 3 is 2.45 bits per heavy atom. The highest BCUT2D eigenvalue weighted by Crippen LogP contribution is 2.27. The molecule has 2 nitrogen and oxygen atoms in total. The van der Waals surface area contributed by atoms with Crippen molar-refractivity contribution in [2.45, 2.75) is 0 Å². The molecule has 2 heterocycles. The molecule has 0 unspecified atom stereocenters. The van der Waals surface area contributed by atoms with E-state index in [1.165, 1.54) is 0 Å². The van der Waals surface area contributed by atoms with Crippen LogP contribution in [0, 0.1) is 0 Å². The number of para-hydroxylation sites is 1. The number of aromatic nitrogens is 1. The van der Waals surface area contributed by atoms with Crippen molar-refractivity contribution in [3.8, 4) is 0 Å². The summed E-state index contributed by atoms with van der Waals surface area (Å²) in [7, 11) is 0. The Labute approximate surface area is 119 Å². The summed E-state index contributed by atoms with van der Waals surface area (Å²) in [6.45, 7) is 0. The van der Waals surface area contributed by atoms with Crippen molar-refractivity contribution in [3.05, 3.63) is 71.2 Å². The van der Waals surface area contributed by atoms with E-state index in [9.17, 15) is 4.79 Å². The highest BCUT2D eigenvalue weighted by molar-refractivity contribution is 7.21. The zero-order chi connectivity index (χ0) is 13.5. The maximum atomic E-state index is 12.6. The van der Waals surface area contributed by atoms with E-state index in [2.05, 4.69) is 4.98 Å². The van der Waals surface area contributed by atoms with Crippen LogP contribution in [-0.4, -0.2) is 10.8 Å². The van der Waals surface area contributed by atoms with Gasteiger partial charge in [0.25, 0.3) is 0 Å². The molecule has 20 heavy (non-hydrogen) atoms. The van der Waals surface area contributed by atoms with Crippen LogP contribution in [0.25, 0.3) is 21.0 Å². The van der Waals surface area contributed by atoms with Crippen LogP contribution < -0.4 is 0 Å². The Hall–Kier alpha value is -2.39. The maximum Gasteiger partial charge on any atom is 0.219 e. The van der Waals surface area contributed by atoms with Crippen molar-refractivity contribution < 1.29 is 4.79 Å². The van der Waals surface area contributed by atoms with Gasteiger partial charge < -0.3 is 4.98 Å². The van der Waals surface area contributed by atoms with Crippen LogP contribution in [0.2, 0.25) is 0 Å². The van der Waals surface area contributed by atoms with E-state index in [0.717, 1.165) is 25.9 Å². The largest absolute Gasteiger partial charge is 0.352 e. The topological polar surface area (TPSA) is 32.9 Å². The van der Waals surface area contributed by atoms with Gasteiger partial charge in [0.15, 0.2) is 0 Å². The van der Waals surface area contributed by atoms with Gasteiger partial charge in [-0.05, 0) is 29.7 Å². The summed E-state index contributed by atoms with van der Waals surface area (Å²) in [5, 5.41) is 2.19. The van der Waals surface area contributed by atoms with Crippen LogP contribution >= 0.6 is 11.3 Å². The second kappa shape index (κ2) is 4.32. The standard InChI is InChI=1S/C17H11NOS/c19-17(14-9-11-5-1-3-7-13(11)18-14)16-10-12-6-2-4-8-15(12)20-16/h1-10,18H. The van der Waals surface area contributed by atoms with Crippen molar-refractivity contribution in [2.24, 2.45) is 0 Å². The number of aromatic amines is 1. The molecule has 4 aromatic rings. The molecule has 0 amide bonds. The van der Waals surface area contributed by atoms with E-state index in [4.69, 9.17) is 0 Å². The molecule has 2 aromatic heterocycles. The average Bonchev–Trinajstić information content (AvgIpc) is 3.10. The zero-order valence-corrected chi connectivity index (χ0v) is 11.4. The van der Waals surface area contributed by atoms with Gasteiger partial charge in [-0.3, -0.25) is 4.79 Å². The van der Waals surface area contributed by atoms with Crippen molar-refractivity contribution in [1.82, 2.24) is 4.98 Å². The molecular weight excluding hydrogens is 266 g/mol. The predicted molar refractivity (Wildman–Crippen MR) is 83.6 cm³/mol. The first-order chi connectivity index (χ1) is 9.81. The summed E-state index contributed by atoms with van der Waals surface area (Å²) in [5.74, 6) is 0.0578. The Bertz CT molecular complexity index is 790. The van der Waals surface area contributed by atoms with Gasteiger partial charge in [-0.15, -0.1) is 11.3 Å². The third-order valence-corrected chi connectivity index (χ3v) is 4.54. The second-order valence-corrected chi connectivity index (χ2v) is 5.83. The molecule has 0 aliphatic rings. The summed E-state index contributed by atoms with van der Waals surface area (Å²) in [4.78, 5) is 16.5. The molecule has 3 heteroatoms. The molecule has 0 aliphatic carbocycles. The molecular formula is C17H11NOS. The number of benzene rings is 2. The van der Waals surface area contributed by atoms with Gasteiger partial charge in [0.05, 0.1) is 10.6 Å². The fraction of sp³-hybridized carbons (Fsp3) is 0. The van der Waals surface area contributed by atoms with Crippen molar-refractivity contribution in [3.63, 3.8) is 0 Å². The van der Waals surface area contributed by atoms with Gasteiger partial charge in [0, 0.05) is 15.6 Å². The molecule has 0 radical (unpaired) electrons. The first-order valence-corrected chi connectivity index (χ1v) is 7.24. The van der Waals surface area contributed by atoms with Crippen LogP contribution in [0.4, 0.5) is 0 Å². The van der Waals surface area contributed by atoms with E-state index < -0.39 is 0 Å². The van der Waals surface area contributed by atoms with Gasteiger partial charge in [0.1, 0.15) is 0 Å². The van der Waals surface area contributed by atoms with Crippen LogP contribution in [0.5, 0.6) is 0 Å². The fourth-order valence-corrected chi connectivity index (χ4v) is 3.44. The summed E-state index contributed by atoms with van der Waals surface area (Å²) in [6.07, 6.45) is 0. The number of hydrogen-bond donors (Lipinski definition) is 1. The average molecular weight is 277 g/mol. The highest BCUT2D eigenvalue weighted by atomic mass is 32.1. The minimum Gasteiger partial charge on any atom is -0.352 e. The molecule has 0 spiro atoms. The summed E-state index contributed by atoms with van der Waals surface area (Å²) >= 11 is 1.54. The molecule has 0 atom stereocenters. The number of ketones is 1. The molecule has 2 aromatic carbocycles. The van der Waals surface area contributed by atoms with E-state index >= 15 is 0 Å².